The molecular weight excluding hydrogens is 442 g/mol. The van der Waals surface area contributed by atoms with E-state index < -0.39 is 6.10 Å². The fourth-order valence-electron chi connectivity index (χ4n) is 3.95. The van der Waals surface area contributed by atoms with E-state index in [1.54, 1.807) is 11.8 Å². The van der Waals surface area contributed by atoms with Gasteiger partial charge in [0, 0.05) is 32.2 Å². The molecule has 0 amide bonds. The van der Waals surface area contributed by atoms with Gasteiger partial charge in [-0.2, -0.15) is 5.10 Å². The van der Waals surface area contributed by atoms with Gasteiger partial charge in [0.1, 0.15) is 23.8 Å². The first-order valence-electron chi connectivity index (χ1n) is 11.8. The highest BCUT2D eigenvalue weighted by molar-refractivity contribution is 5.65. The molecular formula is C28H35N3O4. The molecule has 3 rings (SSSR count). The fraction of sp³-hybridized carbons (Fsp3) is 0.393. The predicted octanol–water partition coefficient (Wildman–Crippen LogP) is 4.36. The molecule has 0 bridgehead atoms. The lowest BCUT2D eigenvalue weighted by Gasteiger charge is -2.27. The molecule has 0 aliphatic rings. The van der Waals surface area contributed by atoms with Crippen molar-refractivity contribution in [3.63, 3.8) is 0 Å². The third kappa shape index (κ3) is 7.59. The summed E-state index contributed by atoms with van der Waals surface area (Å²) in [7, 11) is 3.51. The second kappa shape index (κ2) is 13.0. The predicted molar refractivity (Wildman–Crippen MR) is 137 cm³/mol. The molecule has 1 atom stereocenters. The number of methoxy groups -OCH3 is 1. The lowest BCUT2D eigenvalue weighted by Crippen LogP contribution is -2.37. The van der Waals surface area contributed by atoms with E-state index in [1.165, 1.54) is 0 Å². The summed E-state index contributed by atoms with van der Waals surface area (Å²) in [5.41, 5.74) is 2.81. The van der Waals surface area contributed by atoms with Crippen molar-refractivity contribution in [3.8, 4) is 41.0 Å². The van der Waals surface area contributed by atoms with E-state index in [2.05, 4.69) is 24.7 Å². The molecule has 0 aliphatic heterocycles. The Morgan fingerprint density at radius 1 is 1.06 bits per heavy atom. The standard InChI is InChI=1S/C28H35N3O4/c1-6-16-34-20-23(32)18-31(17-21(2)3)19-26-27(22-10-8-7-9-11-22)29-30(4)28(26)35-25-14-12-24(33-5)13-15-25/h1,7-15,21,23,32H,16-20H2,2-5H3/t23-/m1/s1. The second-order valence-corrected chi connectivity index (χ2v) is 8.86. The van der Waals surface area contributed by atoms with Gasteiger partial charge < -0.3 is 19.3 Å². The maximum atomic E-state index is 10.6. The number of aliphatic hydroxyl groups excluding tert-OH is 1. The molecule has 0 saturated carbocycles. The lowest BCUT2D eigenvalue weighted by atomic mass is 10.1. The highest BCUT2D eigenvalue weighted by Crippen LogP contribution is 2.34. The van der Waals surface area contributed by atoms with E-state index in [0.29, 0.717) is 30.6 Å². The zero-order valence-corrected chi connectivity index (χ0v) is 21.0. The third-order valence-corrected chi connectivity index (χ3v) is 5.38. The minimum Gasteiger partial charge on any atom is -0.497 e. The Balaban J connectivity index is 1.94. The van der Waals surface area contributed by atoms with Crippen LogP contribution in [0.4, 0.5) is 0 Å². The zero-order valence-electron chi connectivity index (χ0n) is 21.0. The molecule has 7 heteroatoms. The average Bonchev–Trinajstić information content (AvgIpc) is 3.14. The van der Waals surface area contributed by atoms with Crippen molar-refractivity contribution >= 4 is 0 Å². The van der Waals surface area contributed by atoms with E-state index in [0.717, 1.165) is 29.1 Å². The minimum atomic E-state index is -0.662. The van der Waals surface area contributed by atoms with Gasteiger partial charge in [-0.3, -0.25) is 4.90 Å². The molecule has 2 aromatic carbocycles. The topological polar surface area (TPSA) is 69.0 Å². The summed E-state index contributed by atoms with van der Waals surface area (Å²) < 4.78 is 18.7. The monoisotopic (exact) mass is 477 g/mol. The largest absolute Gasteiger partial charge is 0.497 e. The summed E-state index contributed by atoms with van der Waals surface area (Å²) in [6, 6.07) is 17.5. The molecule has 0 unspecified atom stereocenters. The number of terminal acetylenes is 1. The summed E-state index contributed by atoms with van der Waals surface area (Å²) >= 11 is 0. The molecule has 7 nitrogen and oxygen atoms in total. The van der Waals surface area contributed by atoms with Crippen molar-refractivity contribution in [3.05, 3.63) is 60.2 Å². The summed E-state index contributed by atoms with van der Waals surface area (Å²) in [5, 5.41) is 15.4. The Labute approximate surface area is 208 Å². The normalized spacial score (nSPS) is 12.1. The van der Waals surface area contributed by atoms with Gasteiger partial charge in [-0.1, -0.05) is 50.1 Å². The van der Waals surface area contributed by atoms with Gasteiger partial charge in [0.25, 0.3) is 0 Å². The number of aromatic nitrogens is 2. The van der Waals surface area contributed by atoms with Gasteiger partial charge in [-0.25, -0.2) is 4.68 Å². The van der Waals surface area contributed by atoms with Crippen LogP contribution in [0.25, 0.3) is 11.3 Å². The van der Waals surface area contributed by atoms with E-state index in [-0.39, 0.29) is 13.2 Å². The van der Waals surface area contributed by atoms with Crippen molar-refractivity contribution in [2.75, 3.05) is 33.4 Å². The van der Waals surface area contributed by atoms with Gasteiger partial charge in [-0.05, 0) is 30.2 Å². The Bertz CT molecular complexity index is 1090. The zero-order chi connectivity index (χ0) is 25.2. The first kappa shape index (κ1) is 26.3. The maximum Gasteiger partial charge on any atom is 0.222 e. The van der Waals surface area contributed by atoms with Gasteiger partial charge in [0.2, 0.25) is 5.88 Å². The number of rotatable bonds is 13. The number of aliphatic hydroxyl groups is 1. The quantitative estimate of drug-likeness (QED) is 0.292. The van der Waals surface area contributed by atoms with Gasteiger partial charge in [0.15, 0.2) is 0 Å². The van der Waals surface area contributed by atoms with Gasteiger partial charge >= 0.3 is 0 Å². The maximum absolute atomic E-state index is 10.6. The molecule has 3 aromatic rings. The van der Waals surface area contributed by atoms with Crippen LogP contribution in [0, 0.1) is 18.3 Å². The average molecular weight is 478 g/mol. The summed E-state index contributed by atoms with van der Waals surface area (Å²) in [6.45, 7) is 6.46. The number of hydrogen-bond donors (Lipinski definition) is 1. The van der Waals surface area contributed by atoms with E-state index in [1.807, 2.05) is 61.6 Å². The minimum absolute atomic E-state index is 0.182. The van der Waals surface area contributed by atoms with Crippen molar-refractivity contribution in [2.24, 2.45) is 13.0 Å². The first-order valence-corrected chi connectivity index (χ1v) is 11.8. The molecule has 0 fully saturated rings. The fourth-order valence-corrected chi connectivity index (χ4v) is 3.95. The van der Waals surface area contributed by atoms with Crippen LogP contribution in [0.1, 0.15) is 19.4 Å². The Morgan fingerprint density at radius 3 is 2.37 bits per heavy atom. The Morgan fingerprint density at radius 2 is 1.74 bits per heavy atom. The molecule has 0 aliphatic carbocycles. The van der Waals surface area contributed by atoms with Crippen LogP contribution < -0.4 is 9.47 Å². The first-order chi connectivity index (χ1) is 16.9. The molecule has 1 heterocycles. The smallest absolute Gasteiger partial charge is 0.222 e. The Kier molecular flexibility index (Phi) is 9.74. The van der Waals surface area contributed by atoms with Crippen LogP contribution in [0.3, 0.4) is 0 Å². The molecule has 186 valence electrons. The number of ether oxygens (including phenoxy) is 3. The summed E-state index contributed by atoms with van der Waals surface area (Å²) in [5.74, 6) is 4.93. The van der Waals surface area contributed by atoms with Gasteiger partial charge in [0.05, 0.1) is 25.4 Å². The van der Waals surface area contributed by atoms with Crippen molar-refractivity contribution in [2.45, 2.75) is 26.5 Å². The summed E-state index contributed by atoms with van der Waals surface area (Å²) in [6.07, 6.45) is 4.60. The SMILES string of the molecule is C#CCOC[C@H](O)CN(Cc1c(-c2ccccc2)nn(C)c1Oc1ccc(OC)cc1)CC(C)C. The molecule has 0 spiro atoms. The third-order valence-electron chi connectivity index (χ3n) is 5.38. The highest BCUT2D eigenvalue weighted by Gasteiger charge is 2.24. The van der Waals surface area contributed by atoms with Gasteiger partial charge in [-0.15, -0.1) is 6.42 Å². The summed E-state index contributed by atoms with van der Waals surface area (Å²) in [4.78, 5) is 2.21. The molecule has 0 saturated heterocycles. The van der Waals surface area contributed by atoms with Crippen LogP contribution in [-0.2, 0) is 18.3 Å². The number of aryl methyl sites for hydroxylation is 1. The highest BCUT2D eigenvalue weighted by atomic mass is 16.5. The molecule has 1 aromatic heterocycles. The lowest BCUT2D eigenvalue weighted by molar-refractivity contribution is 0.0237. The number of hydrogen-bond acceptors (Lipinski definition) is 6. The van der Waals surface area contributed by atoms with Crippen LogP contribution in [0.2, 0.25) is 0 Å². The number of benzene rings is 2. The number of nitrogens with zero attached hydrogens (tertiary/aromatic N) is 3. The molecule has 0 radical (unpaired) electrons. The van der Waals surface area contributed by atoms with Crippen molar-refractivity contribution < 1.29 is 19.3 Å². The Hall–Kier alpha value is -3.31. The van der Waals surface area contributed by atoms with Crippen LogP contribution in [-0.4, -0.2) is 59.3 Å². The molecule has 35 heavy (non-hydrogen) atoms. The van der Waals surface area contributed by atoms with Crippen LogP contribution >= 0.6 is 0 Å². The van der Waals surface area contributed by atoms with E-state index >= 15 is 0 Å². The van der Waals surface area contributed by atoms with E-state index in [4.69, 9.17) is 25.7 Å². The van der Waals surface area contributed by atoms with Crippen molar-refractivity contribution in [1.82, 2.24) is 14.7 Å². The van der Waals surface area contributed by atoms with E-state index in [9.17, 15) is 5.11 Å². The second-order valence-electron chi connectivity index (χ2n) is 8.86. The van der Waals surface area contributed by atoms with Crippen molar-refractivity contribution in [1.29, 1.82) is 0 Å². The van der Waals surface area contributed by atoms with Crippen LogP contribution in [0.15, 0.2) is 54.6 Å². The van der Waals surface area contributed by atoms with Crippen LogP contribution in [0.5, 0.6) is 17.4 Å². The molecule has 1 N–H and O–H groups in total.